The lowest BCUT2D eigenvalue weighted by Crippen LogP contribution is -2.37. The molecule has 1 aromatic carbocycles. The van der Waals surface area contributed by atoms with Crippen LogP contribution in [0.15, 0.2) is 36.5 Å². The molecule has 1 aliphatic carbocycles. The number of carbonyl (C=O) groups is 1. The summed E-state index contributed by atoms with van der Waals surface area (Å²) in [6, 6.07) is 9.92. The fraction of sp³-hybridized carbons (Fsp3) is 0.500. The molecule has 2 aliphatic rings. The normalized spacial score (nSPS) is 20.8. The number of benzene rings is 1. The second kappa shape index (κ2) is 6.63. The Labute approximate surface area is 141 Å². The van der Waals surface area contributed by atoms with E-state index in [1.54, 1.807) is 0 Å². The van der Waals surface area contributed by atoms with Crippen molar-refractivity contribution in [3.8, 4) is 5.75 Å². The van der Waals surface area contributed by atoms with Gasteiger partial charge in [-0.2, -0.15) is 0 Å². The number of para-hydroxylation sites is 1. The summed E-state index contributed by atoms with van der Waals surface area (Å²) in [5.74, 6) is 1.43. The van der Waals surface area contributed by atoms with E-state index < -0.39 is 0 Å². The van der Waals surface area contributed by atoms with E-state index in [-0.39, 0.29) is 12.0 Å². The Morgan fingerprint density at radius 1 is 1.21 bits per heavy atom. The summed E-state index contributed by atoms with van der Waals surface area (Å²) in [5.41, 5.74) is 0.808. The number of nitrogens with zero attached hydrogens (tertiary/aromatic N) is 4. The molecule has 126 valence electrons. The predicted molar refractivity (Wildman–Crippen MR) is 88.4 cm³/mol. The number of rotatable bonds is 5. The average molecular weight is 326 g/mol. The van der Waals surface area contributed by atoms with Crippen LogP contribution in [-0.2, 0) is 11.4 Å². The zero-order valence-corrected chi connectivity index (χ0v) is 13.7. The molecule has 24 heavy (non-hydrogen) atoms. The topological polar surface area (TPSA) is 60.2 Å². The van der Waals surface area contributed by atoms with Crippen LogP contribution in [0.25, 0.3) is 0 Å². The second-order valence-electron chi connectivity index (χ2n) is 6.65. The molecule has 1 aromatic heterocycles. The van der Waals surface area contributed by atoms with E-state index in [0.29, 0.717) is 12.5 Å². The lowest BCUT2D eigenvalue weighted by molar-refractivity contribution is -0.137. The van der Waals surface area contributed by atoms with E-state index in [0.717, 1.165) is 43.8 Å². The molecule has 2 fully saturated rings. The highest BCUT2D eigenvalue weighted by Crippen LogP contribution is 2.31. The highest BCUT2D eigenvalue weighted by atomic mass is 16.5. The van der Waals surface area contributed by atoms with Crippen LogP contribution in [0.5, 0.6) is 5.75 Å². The van der Waals surface area contributed by atoms with Crippen molar-refractivity contribution in [2.24, 2.45) is 5.92 Å². The zero-order valence-electron chi connectivity index (χ0n) is 13.7. The summed E-state index contributed by atoms with van der Waals surface area (Å²) >= 11 is 0. The third-order valence-electron chi connectivity index (χ3n) is 4.99. The first-order valence-electron chi connectivity index (χ1n) is 8.67. The number of carbonyl (C=O) groups excluding carboxylic acids is 1. The molecule has 2 aromatic rings. The molecule has 1 unspecified atom stereocenters. The Kier molecular flexibility index (Phi) is 4.19. The highest BCUT2D eigenvalue weighted by molar-refractivity contribution is 5.79. The van der Waals surface area contributed by atoms with Crippen LogP contribution in [-0.4, -0.2) is 38.9 Å². The molecular formula is C18H22N4O2. The molecule has 1 amide bonds. The van der Waals surface area contributed by atoms with Gasteiger partial charge in [0.2, 0.25) is 5.91 Å². The van der Waals surface area contributed by atoms with Crippen molar-refractivity contribution in [2.75, 3.05) is 13.1 Å². The van der Waals surface area contributed by atoms with Crippen molar-refractivity contribution < 1.29 is 9.53 Å². The summed E-state index contributed by atoms with van der Waals surface area (Å²) in [6.45, 7) is 1.98. The van der Waals surface area contributed by atoms with Crippen molar-refractivity contribution >= 4 is 5.91 Å². The van der Waals surface area contributed by atoms with Gasteiger partial charge in [-0.1, -0.05) is 29.8 Å². The lowest BCUT2D eigenvalue weighted by atomic mass is 9.84. The smallest absolute Gasteiger partial charge is 0.225 e. The minimum Gasteiger partial charge on any atom is -0.487 e. The van der Waals surface area contributed by atoms with E-state index in [1.807, 2.05) is 46.1 Å². The molecule has 0 N–H and O–H groups in total. The van der Waals surface area contributed by atoms with Gasteiger partial charge in [0, 0.05) is 19.0 Å². The number of ether oxygens (including phenoxy) is 1. The fourth-order valence-corrected chi connectivity index (χ4v) is 3.30. The van der Waals surface area contributed by atoms with Gasteiger partial charge in [-0.15, -0.1) is 5.10 Å². The maximum atomic E-state index is 12.3. The Morgan fingerprint density at radius 3 is 2.79 bits per heavy atom. The number of aromatic nitrogens is 3. The lowest BCUT2D eigenvalue weighted by Gasteiger charge is -2.29. The molecule has 4 rings (SSSR count). The van der Waals surface area contributed by atoms with Gasteiger partial charge in [0.15, 0.2) is 0 Å². The van der Waals surface area contributed by atoms with Gasteiger partial charge >= 0.3 is 0 Å². The van der Waals surface area contributed by atoms with Crippen molar-refractivity contribution in [3.05, 3.63) is 42.2 Å². The number of likely N-dealkylation sites (tertiary alicyclic amines) is 1. The van der Waals surface area contributed by atoms with E-state index >= 15 is 0 Å². The van der Waals surface area contributed by atoms with Crippen LogP contribution in [0.4, 0.5) is 0 Å². The van der Waals surface area contributed by atoms with E-state index in [1.165, 1.54) is 6.42 Å². The van der Waals surface area contributed by atoms with Crippen LogP contribution in [0.2, 0.25) is 0 Å². The third-order valence-corrected chi connectivity index (χ3v) is 4.99. The highest BCUT2D eigenvalue weighted by Gasteiger charge is 2.34. The Morgan fingerprint density at radius 2 is 2.04 bits per heavy atom. The van der Waals surface area contributed by atoms with E-state index in [2.05, 4.69) is 10.3 Å². The summed E-state index contributed by atoms with van der Waals surface area (Å²) < 4.78 is 7.59. The van der Waals surface area contributed by atoms with Gasteiger partial charge < -0.3 is 9.64 Å². The summed E-state index contributed by atoms with van der Waals surface area (Å²) in [6.07, 6.45) is 6.20. The maximum absolute atomic E-state index is 12.3. The van der Waals surface area contributed by atoms with Gasteiger partial charge in [-0.3, -0.25) is 4.79 Å². The quantitative estimate of drug-likeness (QED) is 0.847. The van der Waals surface area contributed by atoms with Gasteiger partial charge in [-0.05, 0) is 31.4 Å². The largest absolute Gasteiger partial charge is 0.487 e. The summed E-state index contributed by atoms with van der Waals surface area (Å²) in [4.78, 5) is 14.3. The average Bonchev–Trinajstić information content (AvgIpc) is 3.21. The molecule has 1 aliphatic heterocycles. The van der Waals surface area contributed by atoms with Crippen molar-refractivity contribution in [1.29, 1.82) is 0 Å². The SMILES string of the molecule is O=C(C1CCC1)N1CCC(n2cc(COc3ccccc3)nn2)C1. The van der Waals surface area contributed by atoms with E-state index in [4.69, 9.17) is 4.74 Å². The predicted octanol–water partition coefficient (Wildman–Crippen LogP) is 2.43. The molecule has 1 atom stereocenters. The number of amides is 1. The molecule has 1 saturated heterocycles. The molecule has 1 saturated carbocycles. The Bertz CT molecular complexity index is 696. The summed E-state index contributed by atoms with van der Waals surface area (Å²) in [5, 5.41) is 8.42. The van der Waals surface area contributed by atoms with Crippen LogP contribution in [0.3, 0.4) is 0 Å². The van der Waals surface area contributed by atoms with Gasteiger partial charge in [0.05, 0.1) is 12.2 Å². The first-order valence-corrected chi connectivity index (χ1v) is 8.67. The van der Waals surface area contributed by atoms with Crippen molar-refractivity contribution in [3.63, 3.8) is 0 Å². The van der Waals surface area contributed by atoms with Gasteiger partial charge in [0.25, 0.3) is 0 Å². The Hall–Kier alpha value is -2.37. The number of hydrogen-bond acceptors (Lipinski definition) is 4. The first kappa shape index (κ1) is 15.2. The molecular weight excluding hydrogens is 304 g/mol. The molecule has 0 bridgehead atoms. The van der Waals surface area contributed by atoms with Gasteiger partial charge in [-0.25, -0.2) is 4.68 Å². The first-order chi connectivity index (χ1) is 11.8. The van der Waals surface area contributed by atoms with Crippen molar-refractivity contribution in [1.82, 2.24) is 19.9 Å². The molecule has 2 heterocycles. The monoisotopic (exact) mass is 326 g/mol. The van der Waals surface area contributed by atoms with Crippen LogP contribution >= 0.6 is 0 Å². The maximum Gasteiger partial charge on any atom is 0.225 e. The minimum absolute atomic E-state index is 0.229. The van der Waals surface area contributed by atoms with Crippen molar-refractivity contribution in [2.45, 2.75) is 38.3 Å². The minimum atomic E-state index is 0.229. The Balaban J connectivity index is 1.32. The fourth-order valence-electron chi connectivity index (χ4n) is 3.30. The molecule has 6 nitrogen and oxygen atoms in total. The van der Waals surface area contributed by atoms with Crippen LogP contribution in [0, 0.1) is 5.92 Å². The number of hydrogen-bond donors (Lipinski definition) is 0. The summed E-state index contributed by atoms with van der Waals surface area (Å²) in [7, 11) is 0. The van der Waals surface area contributed by atoms with Crippen LogP contribution in [0.1, 0.15) is 37.4 Å². The van der Waals surface area contributed by atoms with Crippen LogP contribution < -0.4 is 4.74 Å². The third kappa shape index (κ3) is 3.13. The molecule has 0 spiro atoms. The molecule has 6 heteroatoms. The zero-order chi connectivity index (χ0) is 16.4. The van der Waals surface area contributed by atoms with E-state index in [9.17, 15) is 4.79 Å². The van der Waals surface area contributed by atoms with Gasteiger partial charge in [0.1, 0.15) is 18.1 Å². The molecule has 0 radical (unpaired) electrons. The standard InChI is InChI=1S/C18H22N4O2/c23-18(14-5-4-6-14)21-10-9-16(12-21)22-11-15(19-20-22)13-24-17-7-2-1-3-8-17/h1-3,7-8,11,14,16H,4-6,9-10,12-13H2. The second-order valence-corrected chi connectivity index (χ2v) is 6.65.